The van der Waals surface area contributed by atoms with Gasteiger partial charge in [-0.3, -0.25) is 14.4 Å². The second-order valence-corrected chi connectivity index (χ2v) is 7.59. The first-order chi connectivity index (χ1) is 11.9. The van der Waals surface area contributed by atoms with Crippen LogP contribution in [-0.4, -0.2) is 48.5 Å². The van der Waals surface area contributed by atoms with Crippen molar-refractivity contribution in [1.82, 2.24) is 10.6 Å². The molecule has 2 atom stereocenters. The number of carbonyl (C=O) groups excluding carboxylic acids is 4. The van der Waals surface area contributed by atoms with E-state index in [2.05, 4.69) is 10.6 Å². The van der Waals surface area contributed by atoms with Gasteiger partial charge in [0.1, 0.15) is 17.7 Å². The highest BCUT2D eigenvalue weighted by molar-refractivity contribution is 5.90. The van der Waals surface area contributed by atoms with Crippen molar-refractivity contribution < 1.29 is 28.7 Å². The van der Waals surface area contributed by atoms with Crippen molar-refractivity contribution in [3.8, 4) is 0 Å². The summed E-state index contributed by atoms with van der Waals surface area (Å²) < 4.78 is 9.89. The smallest absolute Gasteiger partial charge is 0.328 e. The monoisotopic (exact) mass is 372 g/mol. The summed E-state index contributed by atoms with van der Waals surface area (Å²) in [6.45, 7) is 10.4. The average Bonchev–Trinajstić information content (AvgIpc) is 2.46. The quantitative estimate of drug-likeness (QED) is 0.591. The molecule has 0 aliphatic rings. The lowest BCUT2D eigenvalue weighted by molar-refractivity contribution is -0.155. The summed E-state index contributed by atoms with van der Waals surface area (Å²) in [5.74, 6) is -1.80. The third-order valence-electron chi connectivity index (χ3n) is 3.26. The summed E-state index contributed by atoms with van der Waals surface area (Å²) in [7, 11) is 1.20. The maximum absolute atomic E-state index is 12.5. The number of esters is 2. The van der Waals surface area contributed by atoms with Gasteiger partial charge in [0, 0.05) is 13.3 Å². The molecule has 0 aliphatic carbocycles. The first-order valence-electron chi connectivity index (χ1n) is 8.72. The van der Waals surface area contributed by atoms with Crippen LogP contribution in [0.25, 0.3) is 0 Å². The van der Waals surface area contributed by atoms with Crippen molar-refractivity contribution in [1.29, 1.82) is 0 Å². The highest BCUT2D eigenvalue weighted by Crippen LogP contribution is 2.11. The zero-order valence-electron chi connectivity index (χ0n) is 16.8. The van der Waals surface area contributed by atoms with Crippen molar-refractivity contribution in [3.63, 3.8) is 0 Å². The molecular formula is C18H32N2O6. The lowest BCUT2D eigenvalue weighted by atomic mass is 10.0. The predicted molar refractivity (Wildman–Crippen MR) is 96.1 cm³/mol. The molecule has 0 spiro atoms. The van der Waals surface area contributed by atoms with E-state index in [4.69, 9.17) is 9.47 Å². The van der Waals surface area contributed by atoms with E-state index in [1.807, 2.05) is 13.8 Å². The second kappa shape index (κ2) is 10.8. The van der Waals surface area contributed by atoms with Gasteiger partial charge in [-0.2, -0.15) is 0 Å². The average molecular weight is 372 g/mol. The van der Waals surface area contributed by atoms with Crippen LogP contribution in [0.5, 0.6) is 0 Å². The van der Waals surface area contributed by atoms with Crippen LogP contribution in [0, 0.1) is 5.92 Å². The summed E-state index contributed by atoms with van der Waals surface area (Å²) in [5, 5.41) is 5.14. The zero-order chi connectivity index (χ0) is 20.5. The minimum absolute atomic E-state index is 0.0434. The van der Waals surface area contributed by atoms with Gasteiger partial charge in [0.2, 0.25) is 11.8 Å². The normalized spacial score (nSPS) is 13.5. The van der Waals surface area contributed by atoms with E-state index in [1.54, 1.807) is 20.8 Å². The predicted octanol–water partition coefficient (Wildman–Crippen LogP) is 1.32. The molecule has 8 heteroatoms. The van der Waals surface area contributed by atoms with Crippen LogP contribution in [0.1, 0.15) is 60.8 Å². The van der Waals surface area contributed by atoms with Crippen LogP contribution < -0.4 is 10.6 Å². The Hall–Kier alpha value is -2.12. The summed E-state index contributed by atoms with van der Waals surface area (Å²) in [4.78, 5) is 47.6. The molecule has 0 fully saturated rings. The Morgan fingerprint density at radius 2 is 1.58 bits per heavy atom. The van der Waals surface area contributed by atoms with E-state index in [-0.39, 0.29) is 24.7 Å². The minimum Gasteiger partial charge on any atom is -0.467 e. The Labute approximate surface area is 155 Å². The summed E-state index contributed by atoms with van der Waals surface area (Å²) in [6, 6.07) is -1.76. The number of hydrogen-bond acceptors (Lipinski definition) is 6. The highest BCUT2D eigenvalue weighted by atomic mass is 16.6. The van der Waals surface area contributed by atoms with Crippen LogP contribution in [-0.2, 0) is 28.7 Å². The number of nitrogens with one attached hydrogen (secondary N) is 2. The van der Waals surface area contributed by atoms with Gasteiger partial charge in [-0.15, -0.1) is 0 Å². The fourth-order valence-corrected chi connectivity index (χ4v) is 2.27. The molecule has 0 unspecified atom stereocenters. The molecule has 2 amide bonds. The van der Waals surface area contributed by atoms with Gasteiger partial charge < -0.3 is 20.1 Å². The first-order valence-corrected chi connectivity index (χ1v) is 8.72. The zero-order valence-corrected chi connectivity index (χ0v) is 16.8. The van der Waals surface area contributed by atoms with E-state index < -0.39 is 35.5 Å². The SMILES string of the molecule is COC(=O)[C@H](CCC(=O)OC(C)(C)C)NC(=O)[C@H](CC(C)C)NC(C)=O. The molecule has 8 nitrogen and oxygen atoms in total. The standard InChI is InChI=1S/C18H32N2O6/c1-11(2)10-14(19-12(3)21)16(23)20-13(17(24)25-7)8-9-15(22)26-18(4,5)6/h11,13-14H,8-10H2,1-7H3,(H,19,21)(H,20,23)/t13-,14-/m0/s1. The van der Waals surface area contributed by atoms with Crippen molar-refractivity contribution in [2.75, 3.05) is 7.11 Å². The fourth-order valence-electron chi connectivity index (χ4n) is 2.27. The Bertz CT molecular complexity index is 510. The summed E-state index contributed by atoms with van der Waals surface area (Å²) >= 11 is 0. The van der Waals surface area contributed by atoms with Gasteiger partial charge in [-0.05, 0) is 39.5 Å². The molecule has 0 aliphatic heterocycles. The van der Waals surface area contributed by atoms with Gasteiger partial charge in [-0.25, -0.2) is 4.79 Å². The summed E-state index contributed by atoms with van der Waals surface area (Å²) in [5.41, 5.74) is -0.630. The van der Waals surface area contributed by atoms with E-state index >= 15 is 0 Å². The second-order valence-electron chi connectivity index (χ2n) is 7.59. The third-order valence-corrected chi connectivity index (χ3v) is 3.26. The molecule has 0 heterocycles. The van der Waals surface area contributed by atoms with Crippen LogP contribution in [0.2, 0.25) is 0 Å². The molecule has 0 bridgehead atoms. The number of methoxy groups -OCH3 is 1. The lowest BCUT2D eigenvalue weighted by Crippen LogP contribution is -2.52. The number of carbonyl (C=O) groups is 4. The van der Waals surface area contributed by atoms with Crippen molar-refractivity contribution in [2.45, 2.75) is 78.5 Å². The molecule has 150 valence electrons. The molecule has 26 heavy (non-hydrogen) atoms. The van der Waals surface area contributed by atoms with E-state index in [0.29, 0.717) is 6.42 Å². The van der Waals surface area contributed by atoms with Crippen molar-refractivity contribution >= 4 is 23.8 Å². The molecule has 0 aromatic heterocycles. The Balaban J connectivity index is 4.96. The van der Waals surface area contributed by atoms with Crippen LogP contribution >= 0.6 is 0 Å². The largest absolute Gasteiger partial charge is 0.467 e. The van der Waals surface area contributed by atoms with Gasteiger partial charge in [0.15, 0.2) is 0 Å². The molecule has 0 rings (SSSR count). The Kier molecular flexibility index (Phi) is 9.90. The fraction of sp³-hybridized carbons (Fsp3) is 0.778. The van der Waals surface area contributed by atoms with E-state index in [0.717, 1.165) is 0 Å². The number of hydrogen-bond donors (Lipinski definition) is 2. The Morgan fingerprint density at radius 3 is 2.00 bits per heavy atom. The molecule has 2 N–H and O–H groups in total. The van der Waals surface area contributed by atoms with Gasteiger partial charge in [0.25, 0.3) is 0 Å². The molecule has 0 saturated heterocycles. The van der Waals surface area contributed by atoms with Gasteiger partial charge in [0.05, 0.1) is 7.11 Å². The molecular weight excluding hydrogens is 340 g/mol. The number of ether oxygens (including phenoxy) is 2. The maximum atomic E-state index is 12.5. The molecule has 0 saturated carbocycles. The first kappa shape index (κ1) is 23.9. The van der Waals surface area contributed by atoms with Crippen LogP contribution in [0.4, 0.5) is 0 Å². The molecule has 0 aromatic carbocycles. The maximum Gasteiger partial charge on any atom is 0.328 e. The number of rotatable bonds is 9. The van der Waals surface area contributed by atoms with Gasteiger partial charge >= 0.3 is 11.9 Å². The van der Waals surface area contributed by atoms with E-state index in [1.165, 1.54) is 14.0 Å². The van der Waals surface area contributed by atoms with Gasteiger partial charge in [-0.1, -0.05) is 13.8 Å². The Morgan fingerprint density at radius 1 is 1.00 bits per heavy atom. The molecule has 0 radical (unpaired) electrons. The van der Waals surface area contributed by atoms with Crippen LogP contribution in [0.15, 0.2) is 0 Å². The van der Waals surface area contributed by atoms with Crippen LogP contribution in [0.3, 0.4) is 0 Å². The third kappa shape index (κ3) is 10.7. The van der Waals surface area contributed by atoms with E-state index in [9.17, 15) is 19.2 Å². The highest BCUT2D eigenvalue weighted by Gasteiger charge is 2.28. The van der Waals surface area contributed by atoms with Crippen molar-refractivity contribution in [3.05, 3.63) is 0 Å². The molecule has 0 aromatic rings. The lowest BCUT2D eigenvalue weighted by Gasteiger charge is -2.23. The topological polar surface area (TPSA) is 111 Å². The van der Waals surface area contributed by atoms with Crippen molar-refractivity contribution in [2.24, 2.45) is 5.92 Å². The summed E-state index contributed by atoms with van der Waals surface area (Å²) in [6.07, 6.45) is 0.416. The minimum atomic E-state index is -0.997. The number of amides is 2.